The van der Waals surface area contributed by atoms with Crippen molar-refractivity contribution in [3.63, 3.8) is 0 Å². The molecule has 0 saturated carbocycles. The quantitative estimate of drug-likeness (QED) is 0.625. The average molecular weight is 212 g/mol. The molecule has 0 fully saturated rings. The fourth-order valence-corrected chi connectivity index (χ4v) is 3.19. The zero-order valence-corrected chi connectivity index (χ0v) is 8.65. The van der Waals surface area contributed by atoms with Crippen LogP contribution in [0.15, 0.2) is 9.81 Å². The van der Waals surface area contributed by atoms with Crippen LogP contribution in [0.25, 0.3) is 0 Å². The lowest BCUT2D eigenvalue weighted by atomic mass is 10.5. The summed E-state index contributed by atoms with van der Waals surface area (Å²) in [5.74, 6) is 0. The van der Waals surface area contributed by atoms with Crippen LogP contribution < -0.4 is 0 Å². The summed E-state index contributed by atoms with van der Waals surface area (Å²) in [5, 5.41) is 18.9. The van der Waals surface area contributed by atoms with E-state index in [1.807, 2.05) is 19.1 Å². The molecule has 1 aliphatic rings. The van der Waals surface area contributed by atoms with E-state index in [0.29, 0.717) is 9.81 Å². The summed E-state index contributed by atoms with van der Waals surface area (Å²) < 4.78 is -0.314. The summed E-state index contributed by atoms with van der Waals surface area (Å²) in [7, 11) is 0. The van der Waals surface area contributed by atoms with Crippen LogP contribution in [0.2, 0.25) is 0 Å². The van der Waals surface area contributed by atoms with Gasteiger partial charge in [-0.2, -0.15) is 10.5 Å². The van der Waals surface area contributed by atoms with Crippen molar-refractivity contribution in [2.45, 2.75) is 11.0 Å². The van der Waals surface area contributed by atoms with Crippen LogP contribution in [-0.4, -0.2) is 9.45 Å². The van der Waals surface area contributed by atoms with Crippen molar-refractivity contribution in [2.75, 3.05) is 0 Å². The third-order valence-corrected chi connectivity index (χ3v) is 4.68. The van der Waals surface area contributed by atoms with E-state index in [4.69, 9.17) is 22.7 Å². The van der Waals surface area contributed by atoms with Gasteiger partial charge in [-0.25, -0.2) is 0 Å². The third kappa shape index (κ3) is 1.64. The Kier molecular flexibility index (Phi) is 2.79. The predicted octanol–water partition coefficient (Wildman–Crippen LogP) is 2.44. The Hall–Kier alpha value is -0.490. The number of thiocarbonyl (C=S) groups is 1. The molecule has 2 nitrogen and oxygen atoms in total. The highest BCUT2D eigenvalue weighted by molar-refractivity contribution is 8.26. The number of thioether (sulfide) groups is 2. The smallest absolute Gasteiger partial charge is 0.111 e. The molecule has 0 saturated heterocycles. The third-order valence-electron chi connectivity index (χ3n) is 1.23. The second-order valence-electron chi connectivity index (χ2n) is 2.22. The van der Waals surface area contributed by atoms with Gasteiger partial charge < -0.3 is 0 Å². The molecule has 12 heavy (non-hydrogen) atoms. The number of nitriles is 2. The standard InChI is InChI=1S/C7H4N2S3/c1-7(4-10)11-5(2-8)6(3-9)12-7/h4H,1H3. The van der Waals surface area contributed by atoms with Crippen molar-refractivity contribution in [3.8, 4) is 12.1 Å². The van der Waals surface area contributed by atoms with Crippen molar-refractivity contribution in [1.82, 2.24) is 0 Å². The Bertz CT molecular complexity index is 306. The number of allylic oxidation sites excluding steroid dienone is 2. The van der Waals surface area contributed by atoms with E-state index in [-0.39, 0.29) is 4.08 Å². The summed E-state index contributed by atoms with van der Waals surface area (Å²) in [6.07, 6.45) is 0. The Balaban J connectivity index is 2.97. The summed E-state index contributed by atoms with van der Waals surface area (Å²) in [6.45, 7) is 1.90. The summed E-state index contributed by atoms with van der Waals surface area (Å²) in [4.78, 5) is 0.956. The SMILES string of the molecule is CC1(C=S)SC(C#N)=C(C#N)S1. The van der Waals surface area contributed by atoms with Crippen LogP contribution in [0, 0.1) is 22.7 Å². The van der Waals surface area contributed by atoms with Gasteiger partial charge in [0, 0.05) is 5.37 Å². The van der Waals surface area contributed by atoms with Crippen molar-refractivity contribution >= 4 is 41.1 Å². The van der Waals surface area contributed by atoms with Gasteiger partial charge in [-0.3, -0.25) is 0 Å². The maximum Gasteiger partial charge on any atom is 0.111 e. The first-order valence-electron chi connectivity index (χ1n) is 3.04. The Morgan fingerprint density at radius 2 is 1.75 bits per heavy atom. The molecular weight excluding hydrogens is 208 g/mol. The zero-order valence-electron chi connectivity index (χ0n) is 6.20. The Morgan fingerprint density at radius 3 is 2.00 bits per heavy atom. The van der Waals surface area contributed by atoms with E-state index in [1.54, 1.807) is 5.37 Å². The number of hydrogen-bond donors (Lipinski definition) is 0. The summed E-state index contributed by atoms with van der Waals surface area (Å²) in [5.41, 5.74) is 0. The van der Waals surface area contributed by atoms with Crippen molar-refractivity contribution in [2.24, 2.45) is 0 Å². The first-order chi connectivity index (χ1) is 5.65. The molecule has 0 bridgehead atoms. The molecule has 1 rings (SSSR count). The monoisotopic (exact) mass is 212 g/mol. The van der Waals surface area contributed by atoms with Gasteiger partial charge in [0.15, 0.2) is 0 Å². The van der Waals surface area contributed by atoms with E-state index < -0.39 is 0 Å². The maximum atomic E-state index is 8.65. The lowest BCUT2D eigenvalue weighted by Gasteiger charge is -2.13. The van der Waals surface area contributed by atoms with Gasteiger partial charge in [-0.1, -0.05) is 35.7 Å². The average Bonchev–Trinajstić information content (AvgIpc) is 2.43. The van der Waals surface area contributed by atoms with Crippen LogP contribution in [-0.2, 0) is 0 Å². The van der Waals surface area contributed by atoms with Gasteiger partial charge in [0.2, 0.25) is 0 Å². The van der Waals surface area contributed by atoms with Gasteiger partial charge >= 0.3 is 0 Å². The molecule has 0 aromatic carbocycles. The van der Waals surface area contributed by atoms with E-state index in [0.717, 1.165) is 0 Å². The number of hydrogen-bond acceptors (Lipinski definition) is 5. The second kappa shape index (κ2) is 3.49. The van der Waals surface area contributed by atoms with E-state index in [9.17, 15) is 0 Å². The van der Waals surface area contributed by atoms with Crippen LogP contribution >= 0.6 is 35.7 Å². The van der Waals surface area contributed by atoms with E-state index in [1.165, 1.54) is 23.5 Å². The highest BCUT2D eigenvalue weighted by atomic mass is 32.2. The molecule has 0 aromatic rings. The van der Waals surface area contributed by atoms with Gasteiger partial charge in [0.25, 0.3) is 0 Å². The minimum Gasteiger partial charge on any atom is -0.192 e. The Morgan fingerprint density at radius 1 is 1.33 bits per heavy atom. The van der Waals surface area contributed by atoms with Gasteiger partial charge in [-0.05, 0) is 6.92 Å². The molecular formula is C7H4N2S3. The fraction of sp³-hybridized carbons (Fsp3) is 0.286. The maximum absolute atomic E-state index is 8.65. The van der Waals surface area contributed by atoms with Crippen LogP contribution in [0.5, 0.6) is 0 Å². The molecule has 0 atom stereocenters. The molecule has 0 amide bonds. The van der Waals surface area contributed by atoms with Crippen LogP contribution in [0.1, 0.15) is 6.92 Å². The second-order valence-corrected chi connectivity index (χ2v) is 5.63. The summed E-state index contributed by atoms with van der Waals surface area (Å²) in [6, 6.07) is 3.97. The first kappa shape index (κ1) is 9.60. The topological polar surface area (TPSA) is 47.6 Å². The molecule has 0 N–H and O–H groups in total. The van der Waals surface area contributed by atoms with Gasteiger partial charge in [0.1, 0.15) is 21.9 Å². The highest BCUT2D eigenvalue weighted by Crippen LogP contribution is 2.52. The van der Waals surface area contributed by atoms with Crippen molar-refractivity contribution in [3.05, 3.63) is 9.81 Å². The molecule has 0 aliphatic carbocycles. The number of nitrogens with zero attached hydrogens (tertiary/aromatic N) is 2. The fourth-order valence-electron chi connectivity index (χ4n) is 0.714. The van der Waals surface area contributed by atoms with Gasteiger partial charge in [-0.15, -0.1) is 0 Å². The molecule has 0 spiro atoms. The molecule has 0 aromatic heterocycles. The minimum absolute atomic E-state index is 0.314. The van der Waals surface area contributed by atoms with E-state index >= 15 is 0 Å². The first-order valence-corrected chi connectivity index (χ1v) is 5.14. The predicted molar refractivity (Wildman–Crippen MR) is 55.5 cm³/mol. The van der Waals surface area contributed by atoms with Crippen LogP contribution in [0.3, 0.4) is 0 Å². The molecule has 1 aliphatic heterocycles. The van der Waals surface area contributed by atoms with Gasteiger partial charge in [0.05, 0.1) is 4.08 Å². The highest BCUT2D eigenvalue weighted by Gasteiger charge is 2.35. The largest absolute Gasteiger partial charge is 0.192 e. The molecule has 60 valence electrons. The molecule has 0 radical (unpaired) electrons. The molecule has 0 unspecified atom stereocenters. The molecule has 5 heteroatoms. The number of rotatable bonds is 1. The Labute approximate surface area is 84.6 Å². The van der Waals surface area contributed by atoms with Crippen molar-refractivity contribution < 1.29 is 0 Å². The van der Waals surface area contributed by atoms with Crippen LogP contribution in [0.4, 0.5) is 0 Å². The minimum atomic E-state index is -0.314. The lowest BCUT2D eigenvalue weighted by Crippen LogP contribution is -2.11. The zero-order chi connectivity index (χ0) is 9.19. The summed E-state index contributed by atoms with van der Waals surface area (Å²) >= 11 is 7.50. The van der Waals surface area contributed by atoms with Crippen molar-refractivity contribution in [1.29, 1.82) is 10.5 Å². The van der Waals surface area contributed by atoms with E-state index in [2.05, 4.69) is 0 Å². The molecule has 1 heterocycles. The lowest BCUT2D eigenvalue weighted by molar-refractivity contribution is 1.29. The normalized spacial score (nSPS) is 19.9.